The maximum absolute atomic E-state index is 13.5. The number of halogens is 4. The van der Waals surface area contributed by atoms with E-state index in [4.69, 9.17) is 4.74 Å². The highest BCUT2D eigenvalue weighted by atomic mass is 127. The summed E-state index contributed by atoms with van der Waals surface area (Å²) in [4.78, 5) is 12.7. The van der Waals surface area contributed by atoms with E-state index in [0.29, 0.717) is 3.57 Å². The number of carbonyl (C=O) groups excluding carboxylic acids is 1. The molecule has 0 atom stereocenters. The molecule has 3 rings (SSSR count). The molecule has 0 saturated heterocycles. The Morgan fingerprint density at radius 3 is 2.54 bits per heavy atom. The van der Waals surface area contributed by atoms with Gasteiger partial charge in [-0.2, -0.15) is 23.3 Å². The van der Waals surface area contributed by atoms with Gasteiger partial charge < -0.3 is 9.84 Å². The molecule has 1 amide bonds. The fourth-order valence-electron chi connectivity index (χ4n) is 2.61. The standard InChI is InChI=1S/C19H14F3IN2O3/c1-2-28-15-10-11(9-14(23)16(15)26)8-13-17(19(20,21)22)24-25(18(13)27)12-6-4-3-5-7-12/h3-10,26H,2H2,1H3/b13-8-. The summed E-state index contributed by atoms with van der Waals surface area (Å²) in [5.41, 5.74) is -1.35. The van der Waals surface area contributed by atoms with Crippen LogP contribution in [0.3, 0.4) is 0 Å². The Morgan fingerprint density at radius 1 is 1.25 bits per heavy atom. The zero-order valence-corrected chi connectivity index (χ0v) is 16.7. The van der Waals surface area contributed by atoms with Crippen molar-refractivity contribution in [2.24, 2.45) is 5.10 Å². The highest BCUT2D eigenvalue weighted by Gasteiger charge is 2.46. The third-order valence-corrected chi connectivity index (χ3v) is 4.63. The summed E-state index contributed by atoms with van der Waals surface area (Å²) in [6.07, 6.45) is -3.71. The van der Waals surface area contributed by atoms with Gasteiger partial charge in [0.2, 0.25) is 0 Å². The number of phenols is 1. The largest absolute Gasteiger partial charge is 0.504 e. The molecule has 1 N–H and O–H groups in total. The van der Waals surface area contributed by atoms with Gasteiger partial charge in [-0.15, -0.1) is 0 Å². The molecule has 0 unspecified atom stereocenters. The van der Waals surface area contributed by atoms with Gasteiger partial charge in [0.1, 0.15) is 0 Å². The van der Waals surface area contributed by atoms with E-state index < -0.39 is 23.4 Å². The lowest BCUT2D eigenvalue weighted by Crippen LogP contribution is -2.25. The van der Waals surface area contributed by atoms with Crippen molar-refractivity contribution >= 4 is 46.0 Å². The van der Waals surface area contributed by atoms with Crippen LogP contribution in [-0.4, -0.2) is 29.5 Å². The van der Waals surface area contributed by atoms with Gasteiger partial charge >= 0.3 is 6.18 Å². The molecule has 1 aliphatic rings. The Bertz CT molecular complexity index is 972. The minimum absolute atomic E-state index is 0.113. The molecule has 9 heteroatoms. The van der Waals surface area contributed by atoms with Crippen molar-refractivity contribution in [2.45, 2.75) is 13.1 Å². The van der Waals surface area contributed by atoms with Crippen molar-refractivity contribution in [3.05, 3.63) is 57.2 Å². The molecule has 0 spiro atoms. The molecule has 0 radical (unpaired) electrons. The summed E-state index contributed by atoms with van der Waals surface area (Å²) in [6, 6.07) is 10.7. The number of benzene rings is 2. The SMILES string of the molecule is CCOc1cc(/C=C2\C(=O)N(c3ccccc3)N=C2C(F)(F)F)cc(I)c1O. The molecule has 1 aliphatic heterocycles. The predicted octanol–water partition coefficient (Wildman–Crippen LogP) is 4.74. The number of ether oxygens (including phenoxy) is 1. The van der Waals surface area contributed by atoms with Gasteiger partial charge in [0.25, 0.3) is 5.91 Å². The number of aromatic hydroxyl groups is 1. The first-order chi connectivity index (χ1) is 13.2. The molecule has 0 saturated carbocycles. The smallest absolute Gasteiger partial charge is 0.435 e. The van der Waals surface area contributed by atoms with Crippen molar-refractivity contribution in [1.82, 2.24) is 0 Å². The van der Waals surface area contributed by atoms with Gasteiger partial charge in [-0.25, -0.2) is 0 Å². The number of phenolic OH excluding ortho intramolecular Hbond substituents is 1. The highest BCUT2D eigenvalue weighted by Crippen LogP contribution is 2.36. The van der Waals surface area contributed by atoms with Gasteiger partial charge in [0.05, 0.1) is 21.4 Å². The number of hydrogen-bond donors (Lipinski definition) is 1. The minimum atomic E-state index is -4.81. The van der Waals surface area contributed by atoms with Crippen LogP contribution >= 0.6 is 22.6 Å². The summed E-state index contributed by atoms with van der Waals surface area (Å²) in [6.45, 7) is 1.98. The van der Waals surface area contributed by atoms with Crippen molar-refractivity contribution < 1.29 is 27.8 Å². The normalized spacial score (nSPS) is 15.9. The average Bonchev–Trinajstić information content (AvgIpc) is 2.97. The van der Waals surface area contributed by atoms with Crippen molar-refractivity contribution in [3.63, 3.8) is 0 Å². The molecule has 0 fully saturated rings. The van der Waals surface area contributed by atoms with E-state index in [0.717, 1.165) is 11.1 Å². The molecule has 2 aromatic carbocycles. The van der Waals surface area contributed by atoms with E-state index in [1.807, 2.05) is 22.6 Å². The van der Waals surface area contributed by atoms with Crippen LogP contribution in [0.2, 0.25) is 0 Å². The Morgan fingerprint density at radius 2 is 1.93 bits per heavy atom. The fraction of sp³-hybridized carbons (Fsp3) is 0.158. The third-order valence-electron chi connectivity index (χ3n) is 3.81. The van der Waals surface area contributed by atoms with Crippen LogP contribution in [0.5, 0.6) is 11.5 Å². The van der Waals surface area contributed by atoms with E-state index in [9.17, 15) is 23.1 Å². The number of hydrazone groups is 1. The van der Waals surface area contributed by atoms with Crippen LogP contribution in [0.1, 0.15) is 12.5 Å². The number of nitrogens with zero attached hydrogens (tertiary/aromatic N) is 2. The number of rotatable bonds is 4. The molecule has 146 valence electrons. The summed E-state index contributed by atoms with van der Waals surface area (Å²) in [5, 5.41) is 14.2. The maximum Gasteiger partial charge on any atom is 0.435 e. The molecule has 0 aliphatic carbocycles. The molecule has 0 aromatic heterocycles. The number of hydrogen-bond acceptors (Lipinski definition) is 4. The number of para-hydroxylation sites is 1. The second kappa shape index (κ2) is 7.82. The van der Waals surface area contributed by atoms with E-state index in [2.05, 4.69) is 5.10 Å². The van der Waals surface area contributed by atoms with E-state index >= 15 is 0 Å². The van der Waals surface area contributed by atoms with Crippen LogP contribution in [0.25, 0.3) is 6.08 Å². The molecule has 5 nitrogen and oxygen atoms in total. The topological polar surface area (TPSA) is 62.1 Å². The van der Waals surface area contributed by atoms with Crippen LogP contribution in [0.15, 0.2) is 53.1 Å². The summed E-state index contributed by atoms with van der Waals surface area (Å²) < 4.78 is 46.2. The average molecular weight is 502 g/mol. The first-order valence-corrected chi connectivity index (χ1v) is 9.23. The number of alkyl halides is 3. The van der Waals surface area contributed by atoms with Crippen LogP contribution < -0.4 is 9.75 Å². The van der Waals surface area contributed by atoms with Crippen LogP contribution in [0.4, 0.5) is 18.9 Å². The third kappa shape index (κ3) is 3.98. The maximum atomic E-state index is 13.5. The Labute approximate surface area is 172 Å². The zero-order chi connectivity index (χ0) is 20.5. The van der Waals surface area contributed by atoms with E-state index in [1.54, 1.807) is 25.1 Å². The fourth-order valence-corrected chi connectivity index (χ4v) is 3.23. The van der Waals surface area contributed by atoms with Crippen LogP contribution in [-0.2, 0) is 4.79 Å². The second-order valence-corrected chi connectivity index (χ2v) is 6.90. The minimum Gasteiger partial charge on any atom is -0.504 e. The van der Waals surface area contributed by atoms with Crippen molar-refractivity contribution in [1.29, 1.82) is 0 Å². The molecular weight excluding hydrogens is 488 g/mol. The van der Waals surface area contributed by atoms with Gasteiger partial charge in [-0.1, -0.05) is 18.2 Å². The Balaban J connectivity index is 2.09. The molecular formula is C19H14F3IN2O3. The van der Waals surface area contributed by atoms with E-state index in [1.165, 1.54) is 24.3 Å². The summed E-state index contributed by atoms with van der Waals surface area (Å²) in [5.74, 6) is -0.880. The van der Waals surface area contributed by atoms with Crippen molar-refractivity contribution in [3.8, 4) is 11.5 Å². The number of carbonyl (C=O) groups is 1. The number of anilines is 1. The Hall–Kier alpha value is -2.56. The van der Waals surface area contributed by atoms with Gasteiger partial charge in [-0.3, -0.25) is 4.79 Å². The second-order valence-electron chi connectivity index (χ2n) is 5.74. The lowest BCUT2D eigenvalue weighted by atomic mass is 10.1. The van der Waals surface area contributed by atoms with Gasteiger partial charge in [0.15, 0.2) is 17.2 Å². The highest BCUT2D eigenvalue weighted by molar-refractivity contribution is 14.1. The van der Waals surface area contributed by atoms with Crippen LogP contribution in [0, 0.1) is 3.57 Å². The Kier molecular flexibility index (Phi) is 5.64. The lowest BCUT2D eigenvalue weighted by molar-refractivity contribution is -0.114. The number of amides is 1. The molecule has 0 bridgehead atoms. The summed E-state index contributed by atoms with van der Waals surface area (Å²) in [7, 11) is 0. The molecule has 2 aromatic rings. The first kappa shape index (κ1) is 20.2. The zero-order valence-electron chi connectivity index (χ0n) is 14.5. The summed E-state index contributed by atoms with van der Waals surface area (Å²) >= 11 is 1.83. The van der Waals surface area contributed by atoms with E-state index in [-0.39, 0.29) is 29.4 Å². The quantitative estimate of drug-likeness (QED) is 0.486. The molecule has 1 heterocycles. The van der Waals surface area contributed by atoms with Gasteiger partial charge in [-0.05, 0) is 65.4 Å². The van der Waals surface area contributed by atoms with Gasteiger partial charge in [0, 0.05) is 0 Å². The predicted molar refractivity (Wildman–Crippen MR) is 107 cm³/mol. The lowest BCUT2D eigenvalue weighted by Gasteiger charge is -2.11. The first-order valence-electron chi connectivity index (χ1n) is 8.15. The monoisotopic (exact) mass is 502 g/mol. The van der Waals surface area contributed by atoms with Crippen molar-refractivity contribution in [2.75, 3.05) is 11.6 Å². The molecule has 28 heavy (non-hydrogen) atoms.